The molecule has 0 aromatic heterocycles. The van der Waals surface area contributed by atoms with Crippen molar-refractivity contribution in [1.82, 2.24) is 4.90 Å². The Morgan fingerprint density at radius 3 is 2.60 bits per heavy atom. The zero-order chi connectivity index (χ0) is 14.1. The molecule has 0 amide bonds. The first-order valence-corrected chi connectivity index (χ1v) is 6.98. The van der Waals surface area contributed by atoms with Gasteiger partial charge in [0.1, 0.15) is 6.10 Å². The average molecular weight is 277 g/mol. The number of aliphatic hydroxyl groups is 2. The summed E-state index contributed by atoms with van der Waals surface area (Å²) in [6.45, 7) is 3.36. The van der Waals surface area contributed by atoms with Crippen molar-refractivity contribution < 1.29 is 19.7 Å². The fourth-order valence-electron chi connectivity index (χ4n) is 3.02. The van der Waals surface area contributed by atoms with Gasteiger partial charge in [-0.25, -0.2) is 0 Å². The molecule has 1 aromatic rings. The van der Waals surface area contributed by atoms with Gasteiger partial charge in [0.15, 0.2) is 5.78 Å². The number of hydrogen-bond donors (Lipinski definition) is 2. The molecular formula is C15H19NO4. The summed E-state index contributed by atoms with van der Waals surface area (Å²) >= 11 is 0. The highest BCUT2D eigenvalue weighted by Crippen LogP contribution is 2.35. The SMILES string of the molecule is O=C1c2ccccc2C(O)C(CN2CCOCC2)C1O. The van der Waals surface area contributed by atoms with E-state index in [0.717, 1.165) is 13.1 Å². The van der Waals surface area contributed by atoms with Crippen molar-refractivity contribution in [2.24, 2.45) is 5.92 Å². The Morgan fingerprint density at radius 2 is 1.85 bits per heavy atom. The predicted octanol–water partition coefficient (Wildman–Crippen LogP) is 0.226. The molecule has 20 heavy (non-hydrogen) atoms. The van der Waals surface area contributed by atoms with Crippen molar-refractivity contribution in [3.63, 3.8) is 0 Å². The molecule has 5 nitrogen and oxygen atoms in total. The van der Waals surface area contributed by atoms with E-state index in [0.29, 0.717) is 30.9 Å². The van der Waals surface area contributed by atoms with Gasteiger partial charge < -0.3 is 14.9 Å². The number of carbonyl (C=O) groups is 1. The first-order valence-electron chi connectivity index (χ1n) is 6.98. The van der Waals surface area contributed by atoms with Gasteiger partial charge in [-0.15, -0.1) is 0 Å². The maximum atomic E-state index is 12.2. The molecule has 2 aliphatic rings. The molecule has 0 radical (unpaired) electrons. The van der Waals surface area contributed by atoms with Gasteiger partial charge in [0.2, 0.25) is 0 Å². The second-order valence-electron chi connectivity index (χ2n) is 5.42. The quantitative estimate of drug-likeness (QED) is 0.809. The number of benzene rings is 1. The molecule has 3 unspecified atom stereocenters. The first-order chi connectivity index (χ1) is 9.68. The third-order valence-electron chi connectivity index (χ3n) is 4.20. The summed E-state index contributed by atoms with van der Waals surface area (Å²) in [5, 5.41) is 20.7. The van der Waals surface area contributed by atoms with Crippen molar-refractivity contribution in [2.45, 2.75) is 12.2 Å². The number of ketones is 1. The zero-order valence-corrected chi connectivity index (χ0v) is 11.2. The summed E-state index contributed by atoms with van der Waals surface area (Å²) < 4.78 is 5.29. The highest BCUT2D eigenvalue weighted by atomic mass is 16.5. The van der Waals surface area contributed by atoms with Crippen molar-refractivity contribution in [3.8, 4) is 0 Å². The highest BCUT2D eigenvalue weighted by Gasteiger charge is 2.41. The van der Waals surface area contributed by atoms with E-state index in [-0.39, 0.29) is 5.78 Å². The molecule has 1 fully saturated rings. The van der Waals surface area contributed by atoms with Gasteiger partial charge in [0, 0.05) is 31.1 Å². The number of aliphatic hydroxyl groups excluding tert-OH is 2. The van der Waals surface area contributed by atoms with Crippen LogP contribution in [0.25, 0.3) is 0 Å². The third kappa shape index (κ3) is 2.38. The summed E-state index contributed by atoms with van der Waals surface area (Å²) in [5.74, 6) is -0.764. The third-order valence-corrected chi connectivity index (χ3v) is 4.20. The maximum absolute atomic E-state index is 12.2. The summed E-state index contributed by atoms with van der Waals surface area (Å²) in [5.41, 5.74) is 1.06. The lowest BCUT2D eigenvalue weighted by Crippen LogP contribution is -2.48. The van der Waals surface area contributed by atoms with E-state index < -0.39 is 18.1 Å². The number of hydrogen-bond acceptors (Lipinski definition) is 5. The number of rotatable bonds is 2. The Morgan fingerprint density at radius 1 is 1.15 bits per heavy atom. The molecule has 1 aliphatic heterocycles. The van der Waals surface area contributed by atoms with E-state index >= 15 is 0 Å². The van der Waals surface area contributed by atoms with Crippen molar-refractivity contribution in [1.29, 1.82) is 0 Å². The smallest absolute Gasteiger partial charge is 0.192 e. The molecule has 3 rings (SSSR count). The number of ether oxygens (including phenoxy) is 1. The summed E-state index contributed by atoms with van der Waals surface area (Å²) in [4.78, 5) is 14.3. The van der Waals surface area contributed by atoms with Crippen LogP contribution in [0.1, 0.15) is 22.0 Å². The molecule has 2 N–H and O–H groups in total. The van der Waals surface area contributed by atoms with E-state index in [9.17, 15) is 15.0 Å². The van der Waals surface area contributed by atoms with Crippen LogP contribution < -0.4 is 0 Å². The normalized spacial score (nSPS) is 31.1. The highest BCUT2D eigenvalue weighted by molar-refractivity contribution is 6.02. The predicted molar refractivity (Wildman–Crippen MR) is 72.5 cm³/mol. The molecule has 0 bridgehead atoms. The van der Waals surface area contributed by atoms with Crippen LogP contribution in [0.15, 0.2) is 24.3 Å². The van der Waals surface area contributed by atoms with E-state index in [2.05, 4.69) is 4.90 Å². The lowest BCUT2D eigenvalue weighted by atomic mass is 9.78. The lowest BCUT2D eigenvalue weighted by molar-refractivity contribution is -0.0280. The number of Topliss-reactive ketones (excluding diaryl/α,β-unsaturated/α-hetero) is 1. The Hall–Kier alpha value is -1.27. The van der Waals surface area contributed by atoms with E-state index in [1.165, 1.54) is 0 Å². The molecule has 1 heterocycles. The van der Waals surface area contributed by atoms with Crippen LogP contribution in [-0.4, -0.2) is 59.8 Å². The molecule has 3 atom stereocenters. The number of morpholine rings is 1. The van der Waals surface area contributed by atoms with E-state index in [1.54, 1.807) is 24.3 Å². The van der Waals surface area contributed by atoms with Crippen LogP contribution in [-0.2, 0) is 4.74 Å². The van der Waals surface area contributed by atoms with Crippen LogP contribution in [0.4, 0.5) is 0 Å². The van der Waals surface area contributed by atoms with Gasteiger partial charge in [-0.3, -0.25) is 9.69 Å². The van der Waals surface area contributed by atoms with E-state index in [4.69, 9.17) is 4.74 Å². The second kappa shape index (κ2) is 5.61. The number of nitrogens with zero attached hydrogens (tertiary/aromatic N) is 1. The first kappa shape index (κ1) is 13.7. The fourth-order valence-corrected chi connectivity index (χ4v) is 3.02. The van der Waals surface area contributed by atoms with Crippen LogP contribution in [0.3, 0.4) is 0 Å². The molecule has 1 aliphatic carbocycles. The molecule has 5 heteroatoms. The van der Waals surface area contributed by atoms with Gasteiger partial charge in [-0.2, -0.15) is 0 Å². The number of carbonyl (C=O) groups excluding carboxylic acids is 1. The van der Waals surface area contributed by atoms with Crippen molar-refractivity contribution in [2.75, 3.05) is 32.8 Å². The topological polar surface area (TPSA) is 70.0 Å². The molecule has 108 valence electrons. The van der Waals surface area contributed by atoms with Crippen molar-refractivity contribution in [3.05, 3.63) is 35.4 Å². The minimum Gasteiger partial charge on any atom is -0.388 e. The van der Waals surface area contributed by atoms with Crippen LogP contribution >= 0.6 is 0 Å². The lowest BCUT2D eigenvalue weighted by Gasteiger charge is -2.37. The Balaban J connectivity index is 1.83. The van der Waals surface area contributed by atoms with Gasteiger partial charge in [0.05, 0.1) is 19.3 Å². The monoisotopic (exact) mass is 277 g/mol. The standard InChI is InChI=1S/C15H19NO4/c17-13-10-3-1-2-4-11(10)14(18)15(19)12(13)9-16-5-7-20-8-6-16/h1-4,12-13,15,17,19H,5-9H2. The second-order valence-corrected chi connectivity index (χ2v) is 5.42. The van der Waals surface area contributed by atoms with Crippen LogP contribution in [0.5, 0.6) is 0 Å². The van der Waals surface area contributed by atoms with Gasteiger partial charge in [-0.1, -0.05) is 24.3 Å². The zero-order valence-electron chi connectivity index (χ0n) is 11.2. The molecule has 1 aromatic carbocycles. The average Bonchev–Trinajstić information content (AvgIpc) is 2.50. The Kier molecular flexibility index (Phi) is 3.85. The van der Waals surface area contributed by atoms with Gasteiger partial charge in [0.25, 0.3) is 0 Å². The minimum absolute atomic E-state index is 0.288. The molecule has 0 spiro atoms. The molecule has 1 saturated heterocycles. The Bertz CT molecular complexity index is 498. The number of fused-ring (bicyclic) bond motifs is 1. The van der Waals surface area contributed by atoms with Gasteiger partial charge in [-0.05, 0) is 5.56 Å². The Labute approximate surface area is 117 Å². The van der Waals surface area contributed by atoms with Crippen LogP contribution in [0, 0.1) is 5.92 Å². The largest absolute Gasteiger partial charge is 0.388 e. The summed E-state index contributed by atoms with van der Waals surface area (Å²) in [7, 11) is 0. The van der Waals surface area contributed by atoms with Gasteiger partial charge >= 0.3 is 0 Å². The van der Waals surface area contributed by atoms with Crippen LogP contribution in [0.2, 0.25) is 0 Å². The molecular weight excluding hydrogens is 258 g/mol. The minimum atomic E-state index is -1.14. The van der Waals surface area contributed by atoms with E-state index in [1.807, 2.05) is 0 Å². The summed E-state index contributed by atoms with van der Waals surface area (Å²) in [6.07, 6.45) is -1.94. The molecule has 0 saturated carbocycles. The maximum Gasteiger partial charge on any atom is 0.192 e. The fraction of sp³-hybridized carbons (Fsp3) is 0.533. The van der Waals surface area contributed by atoms with Crippen molar-refractivity contribution >= 4 is 5.78 Å². The summed E-state index contributed by atoms with van der Waals surface area (Å²) in [6, 6.07) is 6.97.